The van der Waals surface area contributed by atoms with E-state index >= 15 is 0 Å². The van der Waals surface area contributed by atoms with E-state index in [0.717, 1.165) is 0 Å². The second-order valence-electron chi connectivity index (χ2n) is 4.32. The van der Waals surface area contributed by atoms with Crippen LogP contribution in [0.3, 0.4) is 0 Å². The number of thioether (sulfide) groups is 1. The Morgan fingerprint density at radius 2 is 2.30 bits per heavy atom. The summed E-state index contributed by atoms with van der Waals surface area (Å²) in [4.78, 5) is 23.5. The fourth-order valence-electron chi connectivity index (χ4n) is 1.51. The molecule has 0 fully saturated rings. The minimum Gasteiger partial charge on any atom is -0.366 e. The molecule has 2 amide bonds. The Kier molecular flexibility index (Phi) is 6.13. The van der Waals surface area contributed by atoms with Gasteiger partial charge in [0.1, 0.15) is 5.00 Å². The zero-order valence-electron chi connectivity index (χ0n) is 12.2. The van der Waals surface area contributed by atoms with Crippen molar-refractivity contribution in [2.75, 3.05) is 17.2 Å². The van der Waals surface area contributed by atoms with Gasteiger partial charge in [0.25, 0.3) is 5.91 Å². The molecule has 0 saturated carbocycles. The summed E-state index contributed by atoms with van der Waals surface area (Å²) in [6.45, 7) is 5.97. The lowest BCUT2D eigenvalue weighted by Gasteiger charge is -2.09. The fourth-order valence-corrected chi connectivity index (χ4v) is 4.20. The highest BCUT2D eigenvalue weighted by molar-refractivity contribution is 8.02. The zero-order valence-corrected chi connectivity index (χ0v) is 14.7. The third-order valence-corrected chi connectivity index (χ3v) is 5.51. The average Bonchev–Trinajstić information content (AvgIpc) is 3.14. The summed E-state index contributed by atoms with van der Waals surface area (Å²) < 4.78 is 0.681. The van der Waals surface area contributed by atoms with E-state index in [4.69, 9.17) is 5.73 Å². The van der Waals surface area contributed by atoms with Gasteiger partial charge >= 0.3 is 0 Å². The van der Waals surface area contributed by atoms with Crippen molar-refractivity contribution in [3.05, 3.63) is 29.7 Å². The number of primary amides is 1. The van der Waals surface area contributed by atoms with Crippen LogP contribution in [-0.4, -0.2) is 33.8 Å². The molecule has 0 aromatic carbocycles. The summed E-state index contributed by atoms with van der Waals surface area (Å²) in [6.07, 6.45) is 1.72. The molecule has 122 valence electrons. The van der Waals surface area contributed by atoms with Crippen LogP contribution in [0, 0.1) is 0 Å². The number of thiophene rings is 1. The lowest BCUT2D eigenvalue weighted by atomic mass is 10.3. The van der Waals surface area contributed by atoms with Gasteiger partial charge in [0.05, 0.1) is 10.8 Å². The molecular weight excluding hydrogens is 354 g/mol. The number of nitrogens with two attached hydrogens (primary N) is 1. The van der Waals surface area contributed by atoms with Crippen molar-refractivity contribution in [2.45, 2.75) is 16.5 Å². The highest BCUT2D eigenvalue weighted by Gasteiger charge is 2.20. The van der Waals surface area contributed by atoms with Gasteiger partial charge in [-0.15, -0.1) is 28.1 Å². The largest absolute Gasteiger partial charge is 0.366 e. The molecular formula is C13H15N5O2S3. The van der Waals surface area contributed by atoms with E-state index in [-0.39, 0.29) is 5.91 Å². The maximum Gasteiger partial charge on any atom is 0.251 e. The molecule has 0 saturated heterocycles. The smallest absolute Gasteiger partial charge is 0.251 e. The number of amides is 2. The highest BCUT2D eigenvalue weighted by atomic mass is 32.2. The van der Waals surface area contributed by atoms with Crippen LogP contribution in [-0.2, 0) is 4.79 Å². The molecule has 0 bridgehead atoms. The molecule has 7 nitrogen and oxygen atoms in total. The lowest BCUT2D eigenvalue weighted by Crippen LogP contribution is -2.23. The van der Waals surface area contributed by atoms with Crippen LogP contribution < -0.4 is 16.4 Å². The molecule has 23 heavy (non-hydrogen) atoms. The Labute approximate surface area is 145 Å². The quantitative estimate of drug-likeness (QED) is 0.487. The predicted octanol–water partition coefficient (Wildman–Crippen LogP) is 2.42. The summed E-state index contributed by atoms with van der Waals surface area (Å²) in [5, 5.41) is 16.2. The molecule has 0 aliphatic rings. The van der Waals surface area contributed by atoms with E-state index in [1.165, 1.54) is 34.4 Å². The molecule has 2 aromatic heterocycles. The van der Waals surface area contributed by atoms with E-state index in [1.54, 1.807) is 24.4 Å². The molecule has 0 aliphatic heterocycles. The van der Waals surface area contributed by atoms with E-state index < -0.39 is 11.2 Å². The first-order chi connectivity index (χ1) is 11.0. The van der Waals surface area contributed by atoms with Gasteiger partial charge in [-0.2, -0.15) is 0 Å². The summed E-state index contributed by atoms with van der Waals surface area (Å²) >= 11 is 3.92. The van der Waals surface area contributed by atoms with Crippen molar-refractivity contribution >= 4 is 56.4 Å². The normalized spacial score (nSPS) is 11.7. The molecule has 0 spiro atoms. The molecule has 0 aliphatic carbocycles. The Hall–Kier alpha value is -1.91. The zero-order chi connectivity index (χ0) is 16.8. The summed E-state index contributed by atoms with van der Waals surface area (Å²) in [5.74, 6) is -0.792. The number of nitrogens with one attached hydrogen (secondary N) is 2. The monoisotopic (exact) mass is 369 g/mol. The second kappa shape index (κ2) is 8.09. The number of aromatic nitrogens is 2. The van der Waals surface area contributed by atoms with Crippen LogP contribution in [0.5, 0.6) is 0 Å². The number of anilines is 2. The van der Waals surface area contributed by atoms with Crippen LogP contribution in [0.2, 0.25) is 0 Å². The number of hydrogen-bond donors (Lipinski definition) is 3. The first-order valence-electron chi connectivity index (χ1n) is 6.54. The van der Waals surface area contributed by atoms with E-state index in [0.29, 0.717) is 26.6 Å². The van der Waals surface area contributed by atoms with Gasteiger partial charge in [-0.05, 0) is 18.4 Å². The molecule has 1 atom stereocenters. The number of carbonyl (C=O) groups excluding carboxylic acids is 2. The summed E-state index contributed by atoms with van der Waals surface area (Å²) in [6, 6.07) is 1.59. The summed E-state index contributed by atoms with van der Waals surface area (Å²) in [7, 11) is 0. The van der Waals surface area contributed by atoms with Crippen molar-refractivity contribution in [1.29, 1.82) is 0 Å². The molecule has 10 heteroatoms. The highest BCUT2D eigenvalue weighted by Crippen LogP contribution is 2.30. The summed E-state index contributed by atoms with van der Waals surface area (Å²) in [5.41, 5.74) is 5.57. The molecule has 2 rings (SSSR count). The molecule has 2 heterocycles. The molecule has 0 unspecified atom stereocenters. The van der Waals surface area contributed by atoms with Gasteiger partial charge in [0, 0.05) is 6.54 Å². The molecule has 4 N–H and O–H groups in total. The maximum atomic E-state index is 12.2. The topological polar surface area (TPSA) is 110 Å². The van der Waals surface area contributed by atoms with Gasteiger partial charge in [0.2, 0.25) is 11.0 Å². The minimum atomic E-state index is -0.566. The van der Waals surface area contributed by atoms with Crippen LogP contribution in [0.15, 0.2) is 28.4 Å². The van der Waals surface area contributed by atoms with Crippen LogP contribution in [0.4, 0.5) is 10.1 Å². The standard InChI is InChI=1S/C13H15N5O2S3/c1-3-5-15-12-17-18-13(23-12)22-7(2)10(20)16-11-8(9(14)19)4-6-21-11/h3-4,6-7H,1,5H2,2H3,(H2,14,19)(H,15,17)(H,16,20)/t7-/m0/s1. The Bertz CT molecular complexity index is 712. The van der Waals surface area contributed by atoms with Crippen molar-refractivity contribution in [3.8, 4) is 0 Å². The molecule has 0 radical (unpaired) electrons. The van der Waals surface area contributed by atoms with Crippen molar-refractivity contribution in [3.63, 3.8) is 0 Å². The number of nitrogens with zero attached hydrogens (tertiary/aromatic N) is 2. The number of hydrogen-bond acceptors (Lipinski definition) is 8. The van der Waals surface area contributed by atoms with Gasteiger partial charge in [-0.1, -0.05) is 29.2 Å². The van der Waals surface area contributed by atoms with Crippen molar-refractivity contribution in [1.82, 2.24) is 10.2 Å². The van der Waals surface area contributed by atoms with E-state index in [1.807, 2.05) is 0 Å². The second-order valence-corrected chi connectivity index (χ2v) is 7.80. The Morgan fingerprint density at radius 3 is 3.00 bits per heavy atom. The number of rotatable bonds is 8. The van der Waals surface area contributed by atoms with Crippen molar-refractivity contribution in [2.24, 2.45) is 5.73 Å². The Balaban J connectivity index is 1.94. The predicted molar refractivity (Wildman–Crippen MR) is 95.4 cm³/mol. The van der Waals surface area contributed by atoms with Gasteiger partial charge in [-0.25, -0.2) is 0 Å². The van der Waals surface area contributed by atoms with Crippen molar-refractivity contribution < 1.29 is 9.59 Å². The fraction of sp³-hybridized carbons (Fsp3) is 0.231. The van der Waals surface area contributed by atoms with Gasteiger partial charge in [0.15, 0.2) is 4.34 Å². The third kappa shape index (κ3) is 4.78. The van der Waals surface area contributed by atoms with Gasteiger partial charge in [-0.3, -0.25) is 9.59 Å². The van der Waals surface area contributed by atoms with E-state index in [9.17, 15) is 9.59 Å². The maximum absolute atomic E-state index is 12.2. The van der Waals surface area contributed by atoms with E-state index in [2.05, 4.69) is 27.4 Å². The van der Waals surface area contributed by atoms with Crippen LogP contribution in [0.25, 0.3) is 0 Å². The Morgan fingerprint density at radius 1 is 1.52 bits per heavy atom. The average molecular weight is 369 g/mol. The molecule has 2 aromatic rings. The SMILES string of the molecule is C=CCNc1nnc(S[C@@H](C)C(=O)Nc2sccc2C(N)=O)s1. The van der Waals surface area contributed by atoms with Crippen LogP contribution >= 0.6 is 34.4 Å². The lowest BCUT2D eigenvalue weighted by molar-refractivity contribution is -0.115. The van der Waals surface area contributed by atoms with Crippen LogP contribution in [0.1, 0.15) is 17.3 Å². The first-order valence-corrected chi connectivity index (χ1v) is 9.12. The minimum absolute atomic E-state index is 0.226. The first kappa shape index (κ1) is 17.4. The number of carbonyl (C=O) groups is 2. The van der Waals surface area contributed by atoms with Gasteiger partial charge < -0.3 is 16.4 Å². The third-order valence-electron chi connectivity index (χ3n) is 2.62.